The fraction of sp³-hybridized carbons (Fsp3) is 0. The van der Waals surface area contributed by atoms with Crippen molar-refractivity contribution >= 4 is 30.0 Å². The Hall–Kier alpha value is -2.45. The van der Waals surface area contributed by atoms with Crippen LogP contribution in [0.25, 0.3) is 11.1 Å². The van der Waals surface area contributed by atoms with Gasteiger partial charge >= 0.3 is 161 Å². The summed E-state index contributed by atoms with van der Waals surface area (Å²) in [5.74, 6) is 0. The number of hydrogen-bond acceptors (Lipinski definition) is 0. The van der Waals surface area contributed by atoms with Crippen LogP contribution in [0.3, 0.4) is 0 Å². The van der Waals surface area contributed by atoms with Gasteiger partial charge in [-0.15, -0.1) is 0 Å². The van der Waals surface area contributed by atoms with Crippen molar-refractivity contribution in [2.75, 3.05) is 0 Å². The first-order valence-electron chi connectivity index (χ1n) is 8.98. The van der Waals surface area contributed by atoms with Gasteiger partial charge in [0.2, 0.25) is 0 Å². The molecular formula is C25H18Sn. The van der Waals surface area contributed by atoms with E-state index in [1.807, 2.05) is 0 Å². The summed E-state index contributed by atoms with van der Waals surface area (Å²) in [7, 11) is 0. The number of rotatable bonds is 2. The minimum atomic E-state index is -2.30. The molecule has 0 N–H and O–H groups in total. The molecule has 0 amide bonds. The summed E-state index contributed by atoms with van der Waals surface area (Å²) >= 11 is -2.30. The molecule has 0 fully saturated rings. The first-order valence-corrected chi connectivity index (χ1v) is 13.3. The van der Waals surface area contributed by atoms with Crippen LogP contribution in [0.1, 0.15) is 11.1 Å². The van der Waals surface area contributed by atoms with E-state index in [0.29, 0.717) is 0 Å². The Kier molecular flexibility index (Phi) is 4.06. The Morgan fingerprint density at radius 1 is 0.346 bits per heavy atom. The minimum absolute atomic E-state index is 1.39. The van der Waals surface area contributed by atoms with Gasteiger partial charge in [-0.25, -0.2) is 0 Å². The van der Waals surface area contributed by atoms with E-state index in [-0.39, 0.29) is 0 Å². The molecule has 122 valence electrons. The molecule has 0 saturated heterocycles. The van der Waals surface area contributed by atoms with E-state index in [1.54, 1.807) is 3.52 Å². The molecule has 26 heavy (non-hydrogen) atoms. The van der Waals surface area contributed by atoms with Crippen LogP contribution < -0.4 is 7.16 Å². The summed E-state index contributed by atoms with van der Waals surface area (Å²) in [6.45, 7) is 0. The molecular weight excluding hydrogens is 419 g/mol. The first-order chi connectivity index (χ1) is 12.9. The maximum atomic E-state index is 2.33. The second-order valence-corrected chi connectivity index (χ2v) is 13.4. The van der Waals surface area contributed by atoms with Crippen molar-refractivity contribution < 1.29 is 0 Å². The van der Waals surface area contributed by atoms with Crippen LogP contribution in [0, 0.1) is 0 Å². The summed E-state index contributed by atoms with van der Waals surface area (Å²) < 4.78 is 4.67. The predicted molar refractivity (Wildman–Crippen MR) is 113 cm³/mol. The Bertz CT molecular complexity index is 1020. The van der Waals surface area contributed by atoms with Crippen LogP contribution in [-0.2, 0) is 0 Å². The van der Waals surface area contributed by atoms with Gasteiger partial charge in [-0.05, 0) is 0 Å². The molecule has 0 aromatic heterocycles. The predicted octanol–water partition coefficient (Wildman–Crippen LogP) is 4.13. The topological polar surface area (TPSA) is 0 Å². The van der Waals surface area contributed by atoms with Crippen molar-refractivity contribution in [1.29, 1.82) is 0 Å². The average molecular weight is 437 g/mol. The fourth-order valence-corrected chi connectivity index (χ4v) is 12.3. The molecule has 1 heteroatoms. The summed E-state index contributed by atoms with van der Waals surface area (Å²) in [6, 6.07) is 40.2. The van der Waals surface area contributed by atoms with Crippen molar-refractivity contribution in [3.05, 3.63) is 120 Å². The molecule has 0 bridgehead atoms. The SMILES string of the molecule is c1cc[c]([Sn](=[C]2c3ccccc3-c3ccccc32)[c]2ccccc2)cc1. The van der Waals surface area contributed by atoms with Gasteiger partial charge in [0.25, 0.3) is 0 Å². The zero-order chi connectivity index (χ0) is 17.3. The molecule has 0 saturated carbocycles. The molecule has 0 heterocycles. The zero-order valence-corrected chi connectivity index (χ0v) is 17.2. The maximum absolute atomic E-state index is 2.33. The second-order valence-electron chi connectivity index (χ2n) is 6.57. The molecule has 0 atom stereocenters. The summed E-state index contributed by atoms with van der Waals surface area (Å²) in [6.07, 6.45) is 0. The van der Waals surface area contributed by atoms with Crippen LogP contribution in [-0.4, -0.2) is 22.8 Å². The molecule has 4 aromatic carbocycles. The number of benzene rings is 4. The molecule has 0 radical (unpaired) electrons. The van der Waals surface area contributed by atoms with Gasteiger partial charge in [0.15, 0.2) is 0 Å². The van der Waals surface area contributed by atoms with Crippen molar-refractivity contribution in [2.24, 2.45) is 0 Å². The summed E-state index contributed by atoms with van der Waals surface area (Å²) in [4.78, 5) is 0. The van der Waals surface area contributed by atoms with Gasteiger partial charge < -0.3 is 0 Å². The molecule has 0 unspecified atom stereocenters. The second kappa shape index (κ2) is 6.69. The van der Waals surface area contributed by atoms with Gasteiger partial charge in [0.05, 0.1) is 0 Å². The van der Waals surface area contributed by atoms with Crippen molar-refractivity contribution in [1.82, 2.24) is 0 Å². The standard InChI is InChI=1S/C13H8.2C6H5.Sn/c1-3-7-12-10(5-1)9-11-6-2-4-8-13(11)12;2*1-2-4-6-5-3-1;/h1-8H;2*1-5H;. The van der Waals surface area contributed by atoms with Crippen LogP contribution in [0.4, 0.5) is 0 Å². The number of hydrogen-bond donors (Lipinski definition) is 0. The third-order valence-corrected chi connectivity index (χ3v) is 13.2. The van der Waals surface area contributed by atoms with Crippen molar-refractivity contribution in [3.63, 3.8) is 0 Å². The fourth-order valence-electron chi connectivity index (χ4n) is 3.95. The molecule has 1 aliphatic rings. The van der Waals surface area contributed by atoms with Crippen LogP contribution in [0.15, 0.2) is 109 Å². The van der Waals surface area contributed by atoms with E-state index in [2.05, 4.69) is 109 Å². The summed E-state index contributed by atoms with van der Waals surface area (Å²) in [5, 5.41) is 0. The average Bonchev–Trinajstić information content (AvgIpc) is 3.05. The Balaban J connectivity index is 1.93. The van der Waals surface area contributed by atoms with E-state index in [9.17, 15) is 0 Å². The van der Waals surface area contributed by atoms with Crippen LogP contribution in [0.2, 0.25) is 0 Å². The van der Waals surface area contributed by atoms with Gasteiger partial charge in [0, 0.05) is 0 Å². The van der Waals surface area contributed by atoms with E-state index in [4.69, 9.17) is 0 Å². The van der Waals surface area contributed by atoms with Crippen molar-refractivity contribution in [3.8, 4) is 11.1 Å². The first kappa shape index (κ1) is 15.8. The van der Waals surface area contributed by atoms with E-state index in [0.717, 1.165) is 0 Å². The summed E-state index contributed by atoms with van der Waals surface area (Å²) in [5.41, 5.74) is 5.66. The molecule has 0 aliphatic heterocycles. The molecule has 0 spiro atoms. The normalized spacial score (nSPS) is 11.8. The van der Waals surface area contributed by atoms with Gasteiger partial charge in [0.1, 0.15) is 0 Å². The van der Waals surface area contributed by atoms with Crippen LogP contribution in [0.5, 0.6) is 0 Å². The molecule has 4 aromatic rings. The molecule has 1 aliphatic carbocycles. The molecule has 5 rings (SSSR count). The van der Waals surface area contributed by atoms with Crippen molar-refractivity contribution in [2.45, 2.75) is 0 Å². The van der Waals surface area contributed by atoms with E-state index < -0.39 is 19.3 Å². The van der Waals surface area contributed by atoms with Gasteiger partial charge in [-0.3, -0.25) is 0 Å². The monoisotopic (exact) mass is 438 g/mol. The Morgan fingerprint density at radius 3 is 1.12 bits per heavy atom. The van der Waals surface area contributed by atoms with Gasteiger partial charge in [-0.2, -0.15) is 0 Å². The quantitative estimate of drug-likeness (QED) is 0.365. The Labute approximate surface area is 161 Å². The Morgan fingerprint density at radius 2 is 0.692 bits per heavy atom. The number of fused-ring (bicyclic) bond motifs is 3. The van der Waals surface area contributed by atoms with E-state index >= 15 is 0 Å². The third-order valence-electron chi connectivity index (χ3n) is 5.06. The van der Waals surface area contributed by atoms with Gasteiger partial charge in [-0.1, -0.05) is 0 Å². The zero-order valence-electron chi connectivity index (χ0n) is 14.4. The van der Waals surface area contributed by atoms with Crippen LogP contribution >= 0.6 is 0 Å². The van der Waals surface area contributed by atoms with E-state index in [1.165, 1.54) is 29.4 Å². The third kappa shape index (κ3) is 2.57. The molecule has 0 nitrogen and oxygen atoms in total.